The Bertz CT molecular complexity index is 1030. The molecule has 3 rings (SSSR count). The Morgan fingerprint density at radius 2 is 1.96 bits per heavy atom. The van der Waals surface area contributed by atoms with Gasteiger partial charge in [0.05, 0.1) is 5.56 Å². The van der Waals surface area contributed by atoms with E-state index in [1.807, 2.05) is 25.1 Å². The van der Waals surface area contributed by atoms with Gasteiger partial charge in [0.2, 0.25) is 0 Å². The highest BCUT2D eigenvalue weighted by Crippen LogP contribution is 2.20. The van der Waals surface area contributed by atoms with Crippen molar-refractivity contribution in [3.63, 3.8) is 0 Å². The molecule has 0 saturated carbocycles. The maximum absolute atomic E-state index is 12.0. The van der Waals surface area contributed by atoms with Crippen LogP contribution in [0.3, 0.4) is 0 Å². The zero-order valence-corrected chi connectivity index (χ0v) is 14.8. The van der Waals surface area contributed by atoms with E-state index < -0.39 is 11.6 Å². The van der Waals surface area contributed by atoms with Gasteiger partial charge in [0.1, 0.15) is 17.9 Å². The van der Waals surface area contributed by atoms with E-state index in [0.29, 0.717) is 34.1 Å². The summed E-state index contributed by atoms with van der Waals surface area (Å²) < 4.78 is 15.8. The van der Waals surface area contributed by atoms with Crippen molar-refractivity contribution in [2.45, 2.75) is 20.0 Å². The molecule has 0 aliphatic rings. The minimum absolute atomic E-state index is 0.0783. The van der Waals surface area contributed by atoms with Crippen molar-refractivity contribution in [2.24, 2.45) is 0 Å². The molecule has 0 amide bonds. The van der Waals surface area contributed by atoms with Crippen molar-refractivity contribution < 1.29 is 23.5 Å². The molecule has 0 aliphatic heterocycles. The molecule has 0 unspecified atom stereocenters. The highest BCUT2D eigenvalue weighted by molar-refractivity contribution is 5.81. The van der Waals surface area contributed by atoms with Gasteiger partial charge in [0, 0.05) is 17.0 Å². The standard InChI is InChI=1S/C21H18O6/c1-2-14-7-8-17-16(10-20(23)27-19(17)9-14)12-26-21(24)13-25-18-6-4-3-5-15(18)11-22/h3-11H,2,12-13H2,1H3. The summed E-state index contributed by atoms with van der Waals surface area (Å²) >= 11 is 0. The summed E-state index contributed by atoms with van der Waals surface area (Å²) in [5.74, 6) is -0.301. The second-order valence-corrected chi connectivity index (χ2v) is 5.88. The molecule has 1 heterocycles. The highest BCUT2D eigenvalue weighted by atomic mass is 16.6. The molecule has 3 aromatic rings. The minimum atomic E-state index is -0.609. The largest absolute Gasteiger partial charge is 0.481 e. The van der Waals surface area contributed by atoms with E-state index in [2.05, 4.69) is 0 Å². The third-order valence-corrected chi connectivity index (χ3v) is 4.08. The Morgan fingerprint density at radius 1 is 1.15 bits per heavy atom. The fourth-order valence-corrected chi connectivity index (χ4v) is 2.66. The van der Waals surface area contributed by atoms with Crippen molar-refractivity contribution in [2.75, 3.05) is 6.61 Å². The Labute approximate surface area is 155 Å². The van der Waals surface area contributed by atoms with Gasteiger partial charge < -0.3 is 13.9 Å². The number of benzene rings is 2. The van der Waals surface area contributed by atoms with Gasteiger partial charge in [0.25, 0.3) is 0 Å². The lowest BCUT2D eigenvalue weighted by Gasteiger charge is -2.10. The van der Waals surface area contributed by atoms with Gasteiger partial charge in [-0.25, -0.2) is 9.59 Å². The average Bonchev–Trinajstić information content (AvgIpc) is 2.69. The van der Waals surface area contributed by atoms with Crippen LogP contribution in [0.4, 0.5) is 0 Å². The van der Waals surface area contributed by atoms with Gasteiger partial charge in [-0.3, -0.25) is 4.79 Å². The zero-order chi connectivity index (χ0) is 19.2. The molecule has 138 valence electrons. The number of hydrogen-bond acceptors (Lipinski definition) is 6. The molecule has 0 aliphatic carbocycles. The second-order valence-electron chi connectivity index (χ2n) is 5.88. The highest BCUT2D eigenvalue weighted by Gasteiger charge is 2.11. The Kier molecular flexibility index (Phi) is 5.66. The van der Waals surface area contributed by atoms with Crippen LogP contribution in [0.1, 0.15) is 28.4 Å². The van der Waals surface area contributed by atoms with Crippen LogP contribution in [-0.4, -0.2) is 18.9 Å². The lowest BCUT2D eigenvalue weighted by Crippen LogP contribution is -2.16. The summed E-state index contributed by atoms with van der Waals surface area (Å²) in [6.45, 7) is 1.59. The predicted octanol–water partition coefficient (Wildman–Crippen LogP) is 3.29. The number of ether oxygens (including phenoxy) is 2. The predicted molar refractivity (Wildman–Crippen MR) is 99.0 cm³/mol. The molecule has 0 bridgehead atoms. The van der Waals surface area contributed by atoms with E-state index in [-0.39, 0.29) is 13.2 Å². The molecule has 27 heavy (non-hydrogen) atoms. The topological polar surface area (TPSA) is 82.8 Å². The van der Waals surface area contributed by atoms with Crippen LogP contribution in [-0.2, 0) is 22.6 Å². The van der Waals surface area contributed by atoms with Crippen molar-refractivity contribution >= 4 is 23.2 Å². The molecule has 0 atom stereocenters. The second kappa shape index (κ2) is 8.31. The van der Waals surface area contributed by atoms with Crippen LogP contribution in [0, 0.1) is 0 Å². The quantitative estimate of drug-likeness (QED) is 0.362. The van der Waals surface area contributed by atoms with Crippen molar-refractivity contribution in [1.82, 2.24) is 0 Å². The maximum atomic E-state index is 12.0. The lowest BCUT2D eigenvalue weighted by atomic mass is 10.1. The third kappa shape index (κ3) is 4.41. The maximum Gasteiger partial charge on any atom is 0.344 e. The number of esters is 1. The van der Waals surface area contributed by atoms with Gasteiger partial charge >= 0.3 is 11.6 Å². The van der Waals surface area contributed by atoms with E-state index in [1.165, 1.54) is 6.07 Å². The molecule has 0 radical (unpaired) electrons. The van der Waals surface area contributed by atoms with Crippen LogP contribution in [0.25, 0.3) is 11.0 Å². The molecule has 0 spiro atoms. The van der Waals surface area contributed by atoms with E-state index in [1.54, 1.807) is 24.3 Å². The first-order valence-corrected chi connectivity index (χ1v) is 8.49. The fourth-order valence-electron chi connectivity index (χ4n) is 2.66. The van der Waals surface area contributed by atoms with Crippen molar-refractivity contribution in [1.29, 1.82) is 0 Å². The third-order valence-electron chi connectivity index (χ3n) is 4.08. The summed E-state index contributed by atoms with van der Waals surface area (Å²) in [6.07, 6.45) is 1.47. The number of carbonyl (C=O) groups excluding carboxylic acids is 2. The molecule has 0 fully saturated rings. The molecule has 2 aromatic carbocycles. The van der Waals surface area contributed by atoms with E-state index in [9.17, 15) is 14.4 Å². The number of aldehydes is 1. The smallest absolute Gasteiger partial charge is 0.344 e. The SMILES string of the molecule is CCc1ccc2c(COC(=O)COc3ccccc3C=O)cc(=O)oc2c1. The van der Waals surface area contributed by atoms with Gasteiger partial charge in [-0.15, -0.1) is 0 Å². The Balaban J connectivity index is 1.68. The molecule has 6 nitrogen and oxygen atoms in total. The van der Waals surface area contributed by atoms with Crippen molar-refractivity contribution in [3.05, 3.63) is 75.6 Å². The molecular weight excluding hydrogens is 348 g/mol. The molecule has 0 saturated heterocycles. The number of carbonyl (C=O) groups is 2. The van der Waals surface area contributed by atoms with Crippen molar-refractivity contribution in [3.8, 4) is 5.75 Å². The first kappa shape index (κ1) is 18.4. The number of hydrogen-bond donors (Lipinski definition) is 0. The summed E-state index contributed by atoms with van der Waals surface area (Å²) in [7, 11) is 0. The van der Waals surface area contributed by atoms with Gasteiger partial charge in [0.15, 0.2) is 12.9 Å². The van der Waals surface area contributed by atoms with Gasteiger partial charge in [-0.05, 0) is 30.2 Å². The fraction of sp³-hybridized carbons (Fsp3) is 0.190. The van der Waals surface area contributed by atoms with Crippen LogP contribution in [0.5, 0.6) is 5.75 Å². The van der Waals surface area contributed by atoms with Gasteiger partial charge in [-0.1, -0.05) is 31.2 Å². The van der Waals surface area contributed by atoms with Crippen LogP contribution < -0.4 is 10.4 Å². The van der Waals surface area contributed by atoms with E-state index >= 15 is 0 Å². The number of rotatable bonds is 7. The summed E-state index contributed by atoms with van der Waals surface area (Å²) in [5.41, 5.74) is 1.92. The number of fused-ring (bicyclic) bond motifs is 1. The normalized spacial score (nSPS) is 10.6. The molecule has 1 aromatic heterocycles. The minimum Gasteiger partial charge on any atom is -0.481 e. The zero-order valence-electron chi connectivity index (χ0n) is 14.8. The van der Waals surface area contributed by atoms with E-state index in [4.69, 9.17) is 13.9 Å². The lowest BCUT2D eigenvalue weighted by molar-refractivity contribution is -0.147. The molecule has 0 N–H and O–H groups in total. The first-order valence-electron chi connectivity index (χ1n) is 8.49. The Morgan fingerprint density at radius 3 is 2.74 bits per heavy atom. The monoisotopic (exact) mass is 366 g/mol. The molecule has 6 heteroatoms. The summed E-state index contributed by atoms with van der Waals surface area (Å²) in [4.78, 5) is 34.7. The Hall–Kier alpha value is -3.41. The first-order chi connectivity index (χ1) is 13.1. The van der Waals surface area contributed by atoms with Crippen LogP contribution >= 0.6 is 0 Å². The summed E-state index contributed by atoms with van der Waals surface area (Å²) in [6, 6.07) is 13.5. The average molecular weight is 366 g/mol. The van der Waals surface area contributed by atoms with Crippen LogP contribution in [0.15, 0.2) is 57.7 Å². The number of aryl methyl sites for hydroxylation is 1. The summed E-state index contributed by atoms with van der Waals surface area (Å²) in [5, 5.41) is 0.715. The van der Waals surface area contributed by atoms with Crippen LogP contribution in [0.2, 0.25) is 0 Å². The number of para-hydroxylation sites is 1. The van der Waals surface area contributed by atoms with E-state index in [0.717, 1.165) is 12.0 Å². The molecular formula is C21H18O6. The van der Waals surface area contributed by atoms with Gasteiger partial charge in [-0.2, -0.15) is 0 Å².